The molecule has 10 nitrogen and oxygen atoms in total. The van der Waals surface area contributed by atoms with E-state index in [1.165, 1.54) is 0 Å². The van der Waals surface area contributed by atoms with Crippen molar-refractivity contribution in [2.75, 3.05) is 6.61 Å². The van der Waals surface area contributed by atoms with Crippen molar-refractivity contribution in [1.82, 2.24) is 5.32 Å². The lowest BCUT2D eigenvalue weighted by atomic mass is 9.98. The molecule has 0 spiro atoms. The predicted octanol–water partition coefficient (Wildman–Crippen LogP) is -4.03. The van der Waals surface area contributed by atoms with Crippen LogP contribution in [-0.2, 0) is 14.4 Å². The van der Waals surface area contributed by atoms with Crippen molar-refractivity contribution in [3.8, 4) is 0 Å². The Morgan fingerprint density at radius 1 is 1.00 bits per heavy atom. The van der Waals surface area contributed by atoms with Crippen LogP contribution in [0.3, 0.4) is 0 Å². The summed E-state index contributed by atoms with van der Waals surface area (Å²) in [7, 11) is 0. The molecule has 0 unspecified atom stereocenters. The number of carboxylic acid groups (broad SMARTS) is 1. The maximum atomic E-state index is 11.0. The Hall–Kier alpha value is -1.59. The Bertz CT molecular complexity index is 386. The number of amides is 1. The molecule has 0 saturated heterocycles. The minimum atomic E-state index is -1.94. The second-order valence-corrected chi connectivity index (χ2v) is 4.46. The molecule has 0 saturated carbocycles. The molecule has 0 rings (SSSR count). The van der Waals surface area contributed by atoms with Gasteiger partial charge >= 0.3 is 5.97 Å². The third-order valence-electron chi connectivity index (χ3n) is 2.72. The Labute approximate surface area is 119 Å². The second-order valence-electron chi connectivity index (χ2n) is 4.46. The number of Topliss-reactive ketones (excluding diaryl/α,β-unsaturated/α-hetero) is 1. The molecule has 122 valence electrons. The Balaban J connectivity index is 5.04. The van der Waals surface area contributed by atoms with E-state index in [4.69, 9.17) is 10.2 Å². The molecule has 21 heavy (non-hydrogen) atoms. The third kappa shape index (κ3) is 6.14. The van der Waals surface area contributed by atoms with Gasteiger partial charge in [0.25, 0.3) is 0 Å². The molecule has 0 heterocycles. The lowest BCUT2D eigenvalue weighted by Crippen LogP contribution is -2.57. The van der Waals surface area contributed by atoms with E-state index in [-0.39, 0.29) is 0 Å². The van der Waals surface area contributed by atoms with Gasteiger partial charge in [0.2, 0.25) is 11.7 Å². The van der Waals surface area contributed by atoms with Crippen molar-refractivity contribution < 1.29 is 45.0 Å². The van der Waals surface area contributed by atoms with Crippen LogP contribution in [0.5, 0.6) is 0 Å². The highest BCUT2D eigenvalue weighted by Crippen LogP contribution is 2.11. The number of nitrogens with one attached hydrogen (secondary N) is 1. The molecule has 0 fully saturated rings. The van der Waals surface area contributed by atoms with Gasteiger partial charge in [0.05, 0.1) is 18.8 Å². The van der Waals surface area contributed by atoms with E-state index in [0.29, 0.717) is 0 Å². The first-order valence-electron chi connectivity index (χ1n) is 5.98. The monoisotopic (exact) mass is 310 g/mol. The van der Waals surface area contributed by atoms with E-state index in [2.05, 4.69) is 0 Å². The summed E-state index contributed by atoms with van der Waals surface area (Å²) in [6.07, 6.45) is -8.35. The topological polar surface area (TPSA) is 185 Å². The number of aliphatic hydroxyl groups is 5. The van der Waals surface area contributed by atoms with Gasteiger partial charge in [-0.1, -0.05) is 0 Å². The fourth-order valence-corrected chi connectivity index (χ4v) is 1.60. The molecule has 0 aliphatic rings. The molecule has 0 aromatic carbocycles. The zero-order valence-electron chi connectivity index (χ0n) is 11.2. The summed E-state index contributed by atoms with van der Waals surface area (Å²) < 4.78 is 0. The lowest BCUT2D eigenvalue weighted by molar-refractivity contribution is -0.151. The molecule has 0 aromatic heterocycles. The highest BCUT2D eigenvalue weighted by atomic mass is 16.4. The third-order valence-corrected chi connectivity index (χ3v) is 2.72. The Morgan fingerprint density at radius 3 is 1.90 bits per heavy atom. The fraction of sp³-hybridized carbons (Fsp3) is 0.727. The molecule has 0 bridgehead atoms. The SMILES string of the molecule is CC(=O)N[C@@H]([C@@H](O)[C@H](O)[C@H](O)CO)[C@@H](O)[13CH2]C(=O)C(=O)O. The van der Waals surface area contributed by atoms with Gasteiger partial charge in [-0.15, -0.1) is 0 Å². The second kappa shape index (κ2) is 8.64. The highest BCUT2D eigenvalue weighted by Gasteiger charge is 2.37. The van der Waals surface area contributed by atoms with Crippen LogP contribution >= 0.6 is 0 Å². The first-order valence-corrected chi connectivity index (χ1v) is 5.98. The number of carbonyl (C=O) groups excluding carboxylic acids is 2. The first-order chi connectivity index (χ1) is 9.61. The molecule has 0 aliphatic carbocycles. The summed E-state index contributed by atoms with van der Waals surface area (Å²) in [5, 5.41) is 57.4. The molecule has 0 radical (unpaired) electrons. The summed E-state index contributed by atoms with van der Waals surface area (Å²) in [5.41, 5.74) is 0. The molecule has 1 amide bonds. The predicted molar refractivity (Wildman–Crippen MR) is 66.0 cm³/mol. The van der Waals surface area contributed by atoms with Crippen LogP contribution in [0.2, 0.25) is 0 Å². The molecular formula is C11H19NO9. The van der Waals surface area contributed by atoms with Crippen LogP contribution < -0.4 is 5.32 Å². The number of hydrogen-bond acceptors (Lipinski definition) is 8. The average molecular weight is 310 g/mol. The van der Waals surface area contributed by atoms with Crippen LogP contribution in [-0.4, -0.2) is 85.4 Å². The molecule has 7 N–H and O–H groups in total. The van der Waals surface area contributed by atoms with Crippen molar-refractivity contribution in [3.63, 3.8) is 0 Å². The summed E-state index contributed by atoms with van der Waals surface area (Å²) in [5.74, 6) is -3.89. The zero-order valence-corrected chi connectivity index (χ0v) is 11.2. The van der Waals surface area contributed by atoms with Gasteiger partial charge in [0, 0.05) is 13.3 Å². The zero-order chi connectivity index (χ0) is 16.7. The van der Waals surface area contributed by atoms with E-state index in [0.717, 1.165) is 6.92 Å². The molecule has 0 aliphatic heterocycles. The molecule has 10 heteroatoms. The van der Waals surface area contributed by atoms with Crippen LogP contribution in [0.25, 0.3) is 0 Å². The van der Waals surface area contributed by atoms with Gasteiger partial charge in [0.15, 0.2) is 0 Å². The van der Waals surface area contributed by atoms with E-state index in [1.54, 1.807) is 0 Å². The Morgan fingerprint density at radius 2 is 1.52 bits per heavy atom. The number of ketones is 1. The number of carbonyl (C=O) groups is 3. The van der Waals surface area contributed by atoms with E-state index < -0.39 is 61.1 Å². The van der Waals surface area contributed by atoms with Crippen LogP contribution in [0, 0.1) is 0 Å². The number of hydrogen-bond donors (Lipinski definition) is 7. The van der Waals surface area contributed by atoms with Crippen molar-refractivity contribution in [2.24, 2.45) is 0 Å². The number of rotatable bonds is 9. The quantitative estimate of drug-likeness (QED) is 0.164. The van der Waals surface area contributed by atoms with Gasteiger partial charge in [-0.2, -0.15) is 0 Å². The minimum Gasteiger partial charge on any atom is -0.475 e. The number of carboxylic acids is 1. The maximum Gasteiger partial charge on any atom is 0.372 e. The molecule has 0 aromatic rings. The van der Waals surface area contributed by atoms with Gasteiger partial charge in [-0.05, 0) is 0 Å². The lowest BCUT2D eigenvalue weighted by Gasteiger charge is -2.32. The van der Waals surface area contributed by atoms with E-state index in [9.17, 15) is 34.8 Å². The van der Waals surface area contributed by atoms with Crippen LogP contribution in [0.4, 0.5) is 0 Å². The summed E-state index contributed by atoms with van der Waals surface area (Å²) >= 11 is 0. The smallest absolute Gasteiger partial charge is 0.372 e. The minimum absolute atomic E-state index is 0.730. The van der Waals surface area contributed by atoms with Crippen molar-refractivity contribution >= 4 is 17.7 Å². The van der Waals surface area contributed by atoms with Crippen LogP contribution in [0.1, 0.15) is 13.3 Å². The number of aliphatic hydroxyl groups excluding tert-OH is 5. The molecular weight excluding hydrogens is 291 g/mol. The summed E-state index contributed by atoms with van der Waals surface area (Å²) in [4.78, 5) is 32.4. The van der Waals surface area contributed by atoms with Gasteiger partial charge in [-0.3, -0.25) is 9.59 Å². The van der Waals surface area contributed by atoms with Crippen molar-refractivity contribution in [2.45, 2.75) is 43.8 Å². The summed E-state index contributed by atoms with van der Waals surface area (Å²) in [6.45, 7) is 0.134. The van der Waals surface area contributed by atoms with E-state index >= 15 is 0 Å². The average Bonchev–Trinajstić information content (AvgIpc) is 2.41. The van der Waals surface area contributed by atoms with Gasteiger partial charge < -0.3 is 36.0 Å². The molecule has 5 atom stereocenters. The van der Waals surface area contributed by atoms with Crippen molar-refractivity contribution in [1.29, 1.82) is 0 Å². The fourth-order valence-electron chi connectivity index (χ4n) is 1.60. The normalized spacial score (nSPS) is 18.2. The van der Waals surface area contributed by atoms with Crippen molar-refractivity contribution in [3.05, 3.63) is 0 Å². The van der Waals surface area contributed by atoms with Gasteiger partial charge in [-0.25, -0.2) is 4.79 Å². The van der Waals surface area contributed by atoms with Gasteiger partial charge in [0.1, 0.15) is 18.3 Å². The highest BCUT2D eigenvalue weighted by molar-refractivity contribution is 6.32. The summed E-state index contributed by atoms with van der Waals surface area (Å²) in [6, 6.07) is -1.61. The number of aliphatic carboxylic acids is 1. The van der Waals surface area contributed by atoms with E-state index in [1.807, 2.05) is 5.32 Å². The Kier molecular flexibility index (Phi) is 7.99. The first kappa shape index (κ1) is 19.4. The van der Waals surface area contributed by atoms with Crippen LogP contribution in [0.15, 0.2) is 0 Å². The maximum absolute atomic E-state index is 11.0. The largest absolute Gasteiger partial charge is 0.475 e. The standard InChI is InChI=1S/C11H19NO9/c1-4(14)12-8(5(15)2-6(16)11(20)21)10(19)9(18)7(17)3-13/h5,7-10,13,15,17-19H,2-3H2,1H3,(H,12,14)(H,20,21)/t5-,7+,8+,9+,10+/m0/s1/i2+1.